The molecule has 1 atom stereocenters. The first-order chi connectivity index (χ1) is 10.4. The number of para-hydroxylation sites is 1. The lowest BCUT2D eigenvalue weighted by molar-refractivity contribution is -0.991. The predicted molar refractivity (Wildman–Crippen MR) is 74.2 cm³/mol. The molecule has 0 radical (unpaired) electrons. The minimum Gasteiger partial charge on any atom is -0.595 e. The molecule has 116 valence electrons. The number of amides is 1. The normalized spacial score (nSPS) is 12.3. The Balaban J connectivity index is 2.57. The number of hydrogen-bond donors (Lipinski definition) is 2. The first-order valence-electron chi connectivity index (χ1n) is 6.29. The summed E-state index contributed by atoms with van der Waals surface area (Å²) in [6, 6.07) is 7.92. The van der Waals surface area contributed by atoms with Gasteiger partial charge in [-0.15, -0.1) is 0 Å². The van der Waals surface area contributed by atoms with Gasteiger partial charge in [0.15, 0.2) is 5.69 Å². The van der Waals surface area contributed by atoms with Crippen LogP contribution in [0.5, 0.6) is 0 Å². The number of anilines is 2. The van der Waals surface area contributed by atoms with E-state index in [0.717, 1.165) is 11.0 Å². The average Bonchev–Trinajstić information content (AvgIpc) is 2.47. The van der Waals surface area contributed by atoms with Crippen LogP contribution in [0.2, 0.25) is 0 Å². The van der Waals surface area contributed by atoms with Crippen LogP contribution >= 0.6 is 0 Å². The number of nitrogens with zero attached hydrogens (tertiary/aromatic N) is 2. The van der Waals surface area contributed by atoms with E-state index in [-0.39, 0.29) is 22.8 Å². The Labute approximate surface area is 124 Å². The molecule has 0 aliphatic rings. The molecule has 8 heteroatoms. The van der Waals surface area contributed by atoms with Gasteiger partial charge in [0.2, 0.25) is 5.91 Å². The zero-order valence-corrected chi connectivity index (χ0v) is 11.5. The molecule has 1 heterocycles. The van der Waals surface area contributed by atoms with Crippen LogP contribution in [0.1, 0.15) is 18.9 Å². The van der Waals surface area contributed by atoms with Crippen molar-refractivity contribution in [2.24, 2.45) is 0 Å². The van der Waals surface area contributed by atoms with Gasteiger partial charge in [0.05, 0.1) is 5.69 Å². The lowest BCUT2D eigenvalue weighted by Crippen LogP contribution is -2.99. The summed E-state index contributed by atoms with van der Waals surface area (Å²) in [4.78, 5) is 16.8. The molecule has 0 saturated carbocycles. The molecular weight excluding hydrogens is 296 g/mol. The van der Waals surface area contributed by atoms with E-state index in [4.69, 9.17) is 5.21 Å². The first-order valence-corrected chi connectivity index (χ1v) is 6.29. The molecule has 1 unspecified atom stereocenters. The second-order valence-electron chi connectivity index (χ2n) is 4.42. The third kappa shape index (κ3) is 3.25. The van der Waals surface area contributed by atoms with Crippen molar-refractivity contribution >= 4 is 23.1 Å². The van der Waals surface area contributed by atoms with Crippen LogP contribution in [-0.2, 0) is 4.79 Å². The molecule has 1 aromatic heterocycles. The summed E-state index contributed by atoms with van der Waals surface area (Å²) in [7, 11) is 0. The Hall–Kier alpha value is -2.42. The van der Waals surface area contributed by atoms with Gasteiger partial charge in [0.25, 0.3) is 6.43 Å². The lowest BCUT2D eigenvalue weighted by atomic mass is 10.1. The van der Waals surface area contributed by atoms with Crippen LogP contribution in [0.4, 0.5) is 26.0 Å². The van der Waals surface area contributed by atoms with Gasteiger partial charge in [-0.2, -0.15) is 5.23 Å². The number of pyridine rings is 1. The standard InChI is InChI=1S/C14H13F2N3O3/c1-9(20)18(12-5-3-2-4-11(12)14(15)16)13-8-10(19(21)22)6-7-17-13/h2-8,14,19,21H,1H3. The molecule has 0 saturated heterocycles. The number of rotatable bonds is 4. The van der Waals surface area contributed by atoms with Crippen molar-refractivity contribution < 1.29 is 24.0 Å². The Morgan fingerprint density at radius 1 is 1.36 bits per heavy atom. The molecule has 1 aromatic carbocycles. The maximum absolute atomic E-state index is 13.1. The minimum absolute atomic E-state index is 0.0273. The van der Waals surface area contributed by atoms with E-state index in [1.807, 2.05) is 0 Å². The molecule has 6 nitrogen and oxygen atoms in total. The fraction of sp³-hybridized carbons (Fsp3) is 0.143. The summed E-state index contributed by atoms with van der Waals surface area (Å²) < 4.78 is 26.2. The largest absolute Gasteiger partial charge is 0.595 e. The molecule has 22 heavy (non-hydrogen) atoms. The number of quaternary nitrogens is 1. The number of hydrogen-bond acceptors (Lipinski definition) is 4. The van der Waals surface area contributed by atoms with E-state index in [2.05, 4.69) is 4.98 Å². The highest BCUT2D eigenvalue weighted by Gasteiger charge is 2.23. The Morgan fingerprint density at radius 2 is 2.05 bits per heavy atom. The average molecular weight is 309 g/mol. The van der Waals surface area contributed by atoms with Crippen LogP contribution in [0.15, 0.2) is 42.6 Å². The van der Waals surface area contributed by atoms with Crippen LogP contribution in [0, 0.1) is 5.21 Å². The van der Waals surface area contributed by atoms with Gasteiger partial charge in [0, 0.05) is 30.8 Å². The highest BCUT2D eigenvalue weighted by Crippen LogP contribution is 2.33. The topological polar surface area (TPSA) is 80.9 Å². The summed E-state index contributed by atoms with van der Waals surface area (Å²) >= 11 is 0. The van der Waals surface area contributed by atoms with E-state index >= 15 is 0 Å². The highest BCUT2D eigenvalue weighted by atomic mass is 19.3. The Bertz CT molecular complexity index is 680. The quantitative estimate of drug-likeness (QED) is 0.848. The lowest BCUT2D eigenvalue weighted by Gasteiger charge is -2.23. The first kappa shape index (κ1) is 16.0. The van der Waals surface area contributed by atoms with Crippen molar-refractivity contribution in [3.8, 4) is 0 Å². The number of halogens is 2. The number of benzene rings is 1. The summed E-state index contributed by atoms with van der Waals surface area (Å²) in [5.74, 6) is -0.580. The van der Waals surface area contributed by atoms with Crippen molar-refractivity contribution in [2.45, 2.75) is 13.3 Å². The molecule has 1 amide bonds. The number of carbonyl (C=O) groups excluding carboxylic acids is 1. The van der Waals surface area contributed by atoms with Crippen molar-refractivity contribution in [3.63, 3.8) is 0 Å². The summed E-state index contributed by atoms with van der Waals surface area (Å²) in [5, 5.41) is 18.8. The highest BCUT2D eigenvalue weighted by molar-refractivity contribution is 5.99. The monoisotopic (exact) mass is 309 g/mol. The smallest absolute Gasteiger partial charge is 0.265 e. The maximum atomic E-state index is 13.1. The van der Waals surface area contributed by atoms with Crippen LogP contribution < -0.4 is 10.1 Å². The van der Waals surface area contributed by atoms with Crippen molar-refractivity contribution in [2.75, 3.05) is 4.90 Å². The van der Waals surface area contributed by atoms with Crippen LogP contribution in [-0.4, -0.2) is 16.1 Å². The SMILES string of the molecule is CC(=O)N(c1cc([NH+]([O-])O)ccn1)c1ccccc1C(F)F. The summed E-state index contributed by atoms with van der Waals surface area (Å²) in [5.41, 5.74) is -0.453. The number of carbonyl (C=O) groups is 1. The van der Waals surface area contributed by atoms with Crippen molar-refractivity contribution in [3.05, 3.63) is 53.4 Å². The van der Waals surface area contributed by atoms with Crippen LogP contribution in [0.25, 0.3) is 0 Å². The molecule has 0 fully saturated rings. The number of nitrogens with one attached hydrogen (secondary N) is 1. The molecular formula is C14H13F2N3O3. The number of alkyl halides is 2. The van der Waals surface area contributed by atoms with E-state index < -0.39 is 17.6 Å². The summed E-state index contributed by atoms with van der Waals surface area (Å²) in [6.07, 6.45) is -1.57. The van der Waals surface area contributed by atoms with E-state index in [0.29, 0.717) is 0 Å². The van der Waals surface area contributed by atoms with E-state index in [1.54, 1.807) is 0 Å². The van der Waals surface area contributed by atoms with Crippen molar-refractivity contribution in [1.82, 2.24) is 4.98 Å². The third-order valence-corrected chi connectivity index (χ3v) is 2.95. The van der Waals surface area contributed by atoms with Gasteiger partial charge in [-0.25, -0.2) is 19.0 Å². The Morgan fingerprint density at radius 3 is 2.64 bits per heavy atom. The van der Waals surface area contributed by atoms with E-state index in [9.17, 15) is 18.8 Å². The molecule has 0 spiro atoms. The zero-order valence-electron chi connectivity index (χ0n) is 11.5. The van der Waals surface area contributed by atoms with Gasteiger partial charge in [-0.3, -0.25) is 9.69 Å². The van der Waals surface area contributed by atoms with Gasteiger partial charge in [0.1, 0.15) is 5.82 Å². The Kier molecular flexibility index (Phi) is 4.76. The molecule has 0 bridgehead atoms. The second kappa shape index (κ2) is 6.56. The van der Waals surface area contributed by atoms with E-state index in [1.165, 1.54) is 43.5 Å². The molecule has 2 rings (SSSR count). The predicted octanol–water partition coefficient (Wildman–Crippen LogP) is 2.11. The molecule has 2 aromatic rings. The molecule has 2 N–H and O–H groups in total. The number of aromatic nitrogens is 1. The fourth-order valence-electron chi connectivity index (χ4n) is 2.00. The van der Waals surface area contributed by atoms with Crippen molar-refractivity contribution in [1.29, 1.82) is 0 Å². The fourth-order valence-corrected chi connectivity index (χ4v) is 2.00. The van der Waals surface area contributed by atoms with Gasteiger partial charge >= 0.3 is 0 Å². The van der Waals surface area contributed by atoms with Gasteiger partial charge in [-0.05, 0) is 6.07 Å². The van der Waals surface area contributed by atoms with Crippen LogP contribution in [0.3, 0.4) is 0 Å². The molecule has 0 aliphatic heterocycles. The third-order valence-electron chi connectivity index (χ3n) is 2.95. The van der Waals surface area contributed by atoms with Gasteiger partial charge < -0.3 is 5.21 Å². The minimum atomic E-state index is -2.78. The second-order valence-corrected chi connectivity index (χ2v) is 4.42. The zero-order chi connectivity index (χ0) is 16.3. The van der Waals surface area contributed by atoms with Gasteiger partial charge in [-0.1, -0.05) is 18.2 Å². The molecule has 0 aliphatic carbocycles. The summed E-state index contributed by atoms with van der Waals surface area (Å²) in [6.45, 7) is 1.19. The maximum Gasteiger partial charge on any atom is 0.265 e.